The predicted octanol–water partition coefficient (Wildman–Crippen LogP) is 4.52. The van der Waals surface area contributed by atoms with Crippen LogP contribution < -0.4 is 0 Å². The van der Waals surface area contributed by atoms with Crippen molar-refractivity contribution in [3.05, 3.63) is 70.8 Å². The minimum absolute atomic E-state index is 0.578. The predicted molar refractivity (Wildman–Crippen MR) is 87.6 cm³/mol. The fourth-order valence-corrected chi connectivity index (χ4v) is 4.60. The quantitative estimate of drug-likeness (QED) is 0.740. The molecule has 1 saturated heterocycles. The molecule has 2 aliphatic rings. The van der Waals surface area contributed by atoms with Crippen molar-refractivity contribution in [2.75, 3.05) is 13.6 Å². The van der Waals surface area contributed by atoms with Gasteiger partial charge in [0.05, 0.1) is 0 Å². The fourth-order valence-electron chi connectivity index (χ4n) is 4.60. The lowest BCUT2D eigenvalue weighted by Gasteiger charge is -2.37. The summed E-state index contributed by atoms with van der Waals surface area (Å²) in [6.45, 7) is 3.44. The zero-order chi connectivity index (χ0) is 14.4. The number of aryl methyl sites for hydroxylation is 1. The van der Waals surface area contributed by atoms with Crippen LogP contribution in [0.1, 0.15) is 47.1 Å². The summed E-state index contributed by atoms with van der Waals surface area (Å²) in [5.74, 6) is 1.32. The zero-order valence-electron chi connectivity index (χ0n) is 12.9. The largest absolute Gasteiger partial charge is 0.299 e. The topological polar surface area (TPSA) is 3.24 Å². The number of hydrogen-bond donors (Lipinski definition) is 0. The Balaban J connectivity index is 1.86. The van der Waals surface area contributed by atoms with Crippen LogP contribution in [0.15, 0.2) is 48.5 Å². The molecule has 1 heteroatoms. The number of benzene rings is 2. The third-order valence-corrected chi connectivity index (χ3v) is 5.41. The van der Waals surface area contributed by atoms with Gasteiger partial charge in [-0.05, 0) is 56.0 Å². The van der Waals surface area contributed by atoms with Gasteiger partial charge in [-0.15, -0.1) is 0 Å². The Bertz CT molecular complexity index is 660. The maximum atomic E-state index is 2.57. The maximum Gasteiger partial charge on any atom is 0.0385 e. The van der Waals surface area contributed by atoms with Crippen molar-refractivity contribution in [1.82, 2.24) is 4.90 Å². The molecule has 1 heterocycles. The normalized spacial score (nSPS) is 28.2. The van der Waals surface area contributed by atoms with Crippen LogP contribution >= 0.6 is 0 Å². The molecule has 1 fully saturated rings. The van der Waals surface area contributed by atoms with Crippen molar-refractivity contribution in [3.8, 4) is 0 Å². The van der Waals surface area contributed by atoms with Gasteiger partial charge in [-0.1, -0.05) is 54.1 Å². The summed E-state index contributed by atoms with van der Waals surface area (Å²) in [5, 5.41) is 0. The first-order valence-electron chi connectivity index (χ1n) is 8.11. The van der Waals surface area contributed by atoms with Crippen molar-refractivity contribution >= 4 is 0 Å². The Hall–Kier alpha value is -1.60. The Labute approximate surface area is 127 Å². The summed E-state index contributed by atoms with van der Waals surface area (Å²) >= 11 is 0. The molecular weight excluding hydrogens is 254 g/mol. The standard InChI is InChI=1S/C20H23N/c1-14-7-5-8-15(13-14)19-16-9-3-4-10-17(16)20-18(19)11-6-12-21(20)2/h3-5,7-10,13,18-20H,6,11-12H2,1-2H3. The van der Waals surface area contributed by atoms with Crippen LogP contribution in [0.5, 0.6) is 0 Å². The third-order valence-electron chi connectivity index (χ3n) is 5.41. The Morgan fingerprint density at radius 1 is 1.00 bits per heavy atom. The summed E-state index contributed by atoms with van der Waals surface area (Å²) in [4.78, 5) is 2.57. The monoisotopic (exact) mass is 277 g/mol. The van der Waals surface area contributed by atoms with E-state index in [2.05, 4.69) is 67.4 Å². The Kier molecular flexibility index (Phi) is 3.11. The Morgan fingerprint density at radius 3 is 2.62 bits per heavy atom. The van der Waals surface area contributed by atoms with E-state index in [0.29, 0.717) is 12.0 Å². The lowest BCUT2D eigenvalue weighted by molar-refractivity contribution is 0.127. The van der Waals surface area contributed by atoms with Crippen LogP contribution in [-0.2, 0) is 0 Å². The molecule has 21 heavy (non-hydrogen) atoms. The lowest BCUT2D eigenvalue weighted by atomic mass is 9.80. The van der Waals surface area contributed by atoms with Gasteiger partial charge >= 0.3 is 0 Å². The number of fused-ring (bicyclic) bond motifs is 3. The van der Waals surface area contributed by atoms with Gasteiger partial charge in [-0.25, -0.2) is 0 Å². The Morgan fingerprint density at radius 2 is 1.81 bits per heavy atom. The summed E-state index contributed by atoms with van der Waals surface area (Å²) in [6, 6.07) is 18.9. The highest BCUT2D eigenvalue weighted by atomic mass is 15.1. The van der Waals surface area contributed by atoms with Crippen molar-refractivity contribution in [1.29, 1.82) is 0 Å². The molecule has 0 saturated carbocycles. The van der Waals surface area contributed by atoms with E-state index in [4.69, 9.17) is 0 Å². The number of likely N-dealkylation sites (tertiary alicyclic amines) is 1. The van der Waals surface area contributed by atoms with Crippen LogP contribution in [0.25, 0.3) is 0 Å². The molecule has 1 aliphatic heterocycles. The van der Waals surface area contributed by atoms with Gasteiger partial charge in [0.15, 0.2) is 0 Å². The van der Waals surface area contributed by atoms with E-state index in [0.717, 1.165) is 5.92 Å². The van der Waals surface area contributed by atoms with Crippen LogP contribution in [0.2, 0.25) is 0 Å². The van der Waals surface area contributed by atoms with E-state index >= 15 is 0 Å². The molecule has 108 valence electrons. The molecule has 2 aromatic carbocycles. The SMILES string of the molecule is Cc1cccc(C2c3ccccc3C3C2CCCN3C)c1. The van der Waals surface area contributed by atoms with E-state index in [1.54, 1.807) is 11.1 Å². The molecule has 0 spiro atoms. The first-order valence-corrected chi connectivity index (χ1v) is 8.11. The first kappa shape index (κ1) is 13.1. The molecule has 0 N–H and O–H groups in total. The van der Waals surface area contributed by atoms with Gasteiger partial charge in [-0.2, -0.15) is 0 Å². The molecule has 1 aliphatic carbocycles. The van der Waals surface area contributed by atoms with Crippen LogP contribution in [-0.4, -0.2) is 18.5 Å². The molecule has 1 nitrogen and oxygen atoms in total. The molecule has 4 rings (SSSR count). The number of rotatable bonds is 1. The molecule has 0 aromatic heterocycles. The second-order valence-electron chi connectivity index (χ2n) is 6.75. The highest BCUT2D eigenvalue weighted by Gasteiger charge is 2.44. The van der Waals surface area contributed by atoms with Gasteiger partial charge < -0.3 is 0 Å². The van der Waals surface area contributed by atoms with Crippen molar-refractivity contribution in [2.45, 2.75) is 31.7 Å². The molecule has 3 unspecified atom stereocenters. The van der Waals surface area contributed by atoms with Gasteiger partial charge in [0, 0.05) is 12.0 Å². The minimum Gasteiger partial charge on any atom is -0.299 e. The van der Waals surface area contributed by atoms with Crippen LogP contribution in [0, 0.1) is 12.8 Å². The summed E-state index contributed by atoms with van der Waals surface area (Å²) < 4.78 is 0. The molecular formula is C20H23N. The molecule has 2 aromatic rings. The first-order chi connectivity index (χ1) is 10.3. The van der Waals surface area contributed by atoms with E-state index in [9.17, 15) is 0 Å². The molecule has 0 bridgehead atoms. The highest BCUT2D eigenvalue weighted by Crippen LogP contribution is 2.54. The minimum atomic E-state index is 0.578. The van der Waals surface area contributed by atoms with E-state index in [-0.39, 0.29) is 0 Å². The van der Waals surface area contributed by atoms with Crippen LogP contribution in [0.4, 0.5) is 0 Å². The molecule has 0 amide bonds. The van der Waals surface area contributed by atoms with Crippen molar-refractivity contribution in [2.24, 2.45) is 5.92 Å². The highest BCUT2D eigenvalue weighted by molar-refractivity contribution is 5.47. The van der Waals surface area contributed by atoms with Gasteiger partial charge in [0.2, 0.25) is 0 Å². The molecule has 3 atom stereocenters. The van der Waals surface area contributed by atoms with E-state index < -0.39 is 0 Å². The number of nitrogens with zero attached hydrogens (tertiary/aromatic N) is 1. The van der Waals surface area contributed by atoms with Crippen molar-refractivity contribution in [3.63, 3.8) is 0 Å². The van der Waals surface area contributed by atoms with Crippen molar-refractivity contribution < 1.29 is 0 Å². The summed E-state index contributed by atoms with van der Waals surface area (Å²) in [5.41, 5.74) is 6.01. The molecule has 0 radical (unpaired) electrons. The maximum absolute atomic E-state index is 2.57. The second kappa shape index (κ2) is 4.99. The average Bonchev–Trinajstić information content (AvgIpc) is 2.83. The smallest absolute Gasteiger partial charge is 0.0385 e. The second-order valence-corrected chi connectivity index (χ2v) is 6.75. The van der Waals surface area contributed by atoms with Gasteiger partial charge in [0.25, 0.3) is 0 Å². The van der Waals surface area contributed by atoms with Crippen LogP contribution in [0.3, 0.4) is 0 Å². The fraction of sp³-hybridized carbons (Fsp3) is 0.400. The van der Waals surface area contributed by atoms with Gasteiger partial charge in [-0.3, -0.25) is 4.90 Å². The number of hydrogen-bond acceptors (Lipinski definition) is 1. The van der Waals surface area contributed by atoms with E-state index in [1.807, 2.05) is 0 Å². The van der Waals surface area contributed by atoms with Gasteiger partial charge in [0.1, 0.15) is 0 Å². The summed E-state index contributed by atoms with van der Waals surface area (Å²) in [7, 11) is 2.30. The number of piperidine rings is 1. The summed E-state index contributed by atoms with van der Waals surface area (Å²) in [6.07, 6.45) is 2.68. The lowest BCUT2D eigenvalue weighted by Crippen LogP contribution is -2.34. The van der Waals surface area contributed by atoms with E-state index in [1.165, 1.54) is 30.5 Å². The average molecular weight is 277 g/mol. The zero-order valence-corrected chi connectivity index (χ0v) is 12.9. The third kappa shape index (κ3) is 2.03.